The molecule has 0 N–H and O–H groups in total. The largest absolute Gasteiger partial charge is 0.416 e. The molecule has 0 aliphatic carbocycles. The van der Waals surface area contributed by atoms with E-state index in [1.807, 2.05) is 0 Å². The van der Waals surface area contributed by atoms with E-state index in [9.17, 15) is 18.0 Å². The predicted octanol–water partition coefficient (Wildman–Crippen LogP) is 3.14. The molecule has 0 aliphatic heterocycles. The number of hydrogen-bond acceptors (Lipinski definition) is 2. The highest BCUT2D eigenvalue weighted by Crippen LogP contribution is 2.35. The van der Waals surface area contributed by atoms with Crippen molar-refractivity contribution in [3.8, 4) is 0 Å². The lowest BCUT2D eigenvalue weighted by Crippen LogP contribution is -2.09. The average Bonchev–Trinajstić information content (AvgIpc) is 2.48. The molecule has 0 bridgehead atoms. The summed E-state index contributed by atoms with van der Waals surface area (Å²) in [6.45, 7) is 2.90. The molecule has 70 valence electrons. The highest BCUT2D eigenvalue weighted by molar-refractivity contribution is 7.12. The van der Waals surface area contributed by atoms with Gasteiger partial charge < -0.3 is 0 Å². The number of aldehydes is 1. The van der Waals surface area contributed by atoms with E-state index in [0.29, 0.717) is 6.29 Å². The van der Waals surface area contributed by atoms with Crippen molar-refractivity contribution >= 4 is 23.2 Å². The van der Waals surface area contributed by atoms with Crippen molar-refractivity contribution in [2.45, 2.75) is 6.18 Å². The zero-order valence-corrected chi connectivity index (χ0v) is 7.21. The summed E-state index contributed by atoms with van der Waals surface area (Å²) in [6.07, 6.45) is -4.07. The summed E-state index contributed by atoms with van der Waals surface area (Å²) in [6, 6.07) is 1.24. The lowest BCUT2D eigenvalue weighted by atomic mass is 10.1. The van der Waals surface area contributed by atoms with E-state index in [1.165, 1.54) is 11.4 Å². The normalized spacial score (nSPS) is 11.3. The Morgan fingerprint density at radius 1 is 1.54 bits per heavy atom. The van der Waals surface area contributed by atoms with Gasteiger partial charge in [0.05, 0.1) is 10.5 Å². The molecule has 0 saturated carbocycles. The molecule has 1 nitrogen and oxygen atoms in total. The van der Waals surface area contributed by atoms with E-state index in [1.54, 1.807) is 0 Å². The van der Waals surface area contributed by atoms with E-state index >= 15 is 0 Å². The van der Waals surface area contributed by atoms with Gasteiger partial charge in [0, 0.05) is 5.56 Å². The van der Waals surface area contributed by atoms with Crippen LogP contribution in [0.15, 0.2) is 18.0 Å². The highest BCUT2D eigenvalue weighted by Gasteiger charge is 2.34. The minimum atomic E-state index is -4.47. The smallest absolute Gasteiger partial charge is 0.297 e. The number of hydrogen-bond donors (Lipinski definition) is 0. The van der Waals surface area contributed by atoms with E-state index in [4.69, 9.17) is 0 Å². The summed E-state index contributed by atoms with van der Waals surface area (Å²) in [4.78, 5) is 10.4. The fourth-order valence-electron chi connectivity index (χ4n) is 0.814. The van der Waals surface area contributed by atoms with Gasteiger partial charge in [0.15, 0.2) is 6.29 Å². The van der Waals surface area contributed by atoms with Crippen molar-refractivity contribution in [1.29, 1.82) is 0 Å². The Bertz CT molecular complexity index is 337. The van der Waals surface area contributed by atoms with Crippen molar-refractivity contribution in [2.75, 3.05) is 0 Å². The maximum Gasteiger partial charge on any atom is 0.416 e. The molecule has 5 heteroatoms. The molecular formula is C8H5F3OS. The summed E-state index contributed by atoms with van der Waals surface area (Å²) in [5, 5.41) is 1.43. The molecule has 1 aromatic heterocycles. The van der Waals surface area contributed by atoms with Gasteiger partial charge in [0.2, 0.25) is 0 Å². The molecule has 1 aromatic rings. The highest BCUT2D eigenvalue weighted by atomic mass is 32.1. The van der Waals surface area contributed by atoms with Crippen LogP contribution in [-0.2, 0) is 0 Å². The third-order valence-electron chi connectivity index (χ3n) is 1.47. The monoisotopic (exact) mass is 206 g/mol. The van der Waals surface area contributed by atoms with Crippen LogP contribution in [-0.4, -0.2) is 12.5 Å². The number of halogens is 3. The lowest BCUT2D eigenvalue weighted by Gasteiger charge is -2.08. The Morgan fingerprint density at radius 2 is 2.15 bits per heavy atom. The van der Waals surface area contributed by atoms with Crippen LogP contribution in [0.5, 0.6) is 0 Å². The Morgan fingerprint density at radius 3 is 2.62 bits per heavy atom. The van der Waals surface area contributed by atoms with Gasteiger partial charge in [0.25, 0.3) is 0 Å². The van der Waals surface area contributed by atoms with E-state index in [-0.39, 0.29) is 10.4 Å². The predicted molar refractivity (Wildman–Crippen MR) is 44.8 cm³/mol. The molecule has 13 heavy (non-hydrogen) atoms. The molecule has 0 radical (unpaired) electrons. The van der Waals surface area contributed by atoms with Gasteiger partial charge in [0.1, 0.15) is 0 Å². The van der Waals surface area contributed by atoms with E-state index < -0.39 is 11.7 Å². The van der Waals surface area contributed by atoms with Crippen molar-refractivity contribution in [1.82, 2.24) is 0 Å². The summed E-state index contributed by atoms with van der Waals surface area (Å²) < 4.78 is 36.4. The second kappa shape index (κ2) is 3.33. The summed E-state index contributed by atoms with van der Waals surface area (Å²) in [7, 11) is 0. The summed E-state index contributed by atoms with van der Waals surface area (Å²) in [5.41, 5.74) is -1.11. The van der Waals surface area contributed by atoms with Crippen LogP contribution in [0.1, 0.15) is 15.2 Å². The second-order valence-corrected chi connectivity index (χ2v) is 3.24. The minimum absolute atomic E-state index is 0.0577. The zero-order chi connectivity index (χ0) is 10.1. The lowest BCUT2D eigenvalue weighted by molar-refractivity contribution is -0.0686. The van der Waals surface area contributed by atoms with E-state index in [2.05, 4.69) is 6.58 Å². The quantitative estimate of drug-likeness (QED) is 0.679. The van der Waals surface area contributed by atoms with Crippen molar-refractivity contribution in [3.05, 3.63) is 28.5 Å². The zero-order valence-electron chi connectivity index (χ0n) is 6.39. The number of thiophene rings is 1. The number of alkyl halides is 3. The SMILES string of the molecule is C=C(c1ccsc1C=O)C(F)(F)F. The number of rotatable bonds is 2. The fraction of sp³-hybridized carbons (Fsp3) is 0.125. The van der Waals surface area contributed by atoms with Crippen LogP contribution in [0.4, 0.5) is 13.2 Å². The molecule has 1 heterocycles. The van der Waals surface area contributed by atoms with Gasteiger partial charge in [-0.1, -0.05) is 6.58 Å². The van der Waals surface area contributed by atoms with Gasteiger partial charge in [-0.2, -0.15) is 13.2 Å². The molecular weight excluding hydrogens is 201 g/mol. The first kappa shape index (κ1) is 9.98. The van der Waals surface area contributed by atoms with Gasteiger partial charge in [-0.3, -0.25) is 4.79 Å². The van der Waals surface area contributed by atoms with Crippen LogP contribution < -0.4 is 0 Å². The Hall–Kier alpha value is -1.10. The van der Waals surface area contributed by atoms with Crippen molar-refractivity contribution < 1.29 is 18.0 Å². The van der Waals surface area contributed by atoms with Crippen LogP contribution in [0.2, 0.25) is 0 Å². The van der Waals surface area contributed by atoms with Crippen LogP contribution in [0, 0.1) is 0 Å². The van der Waals surface area contributed by atoms with Crippen molar-refractivity contribution in [2.24, 2.45) is 0 Å². The maximum absolute atomic E-state index is 12.1. The molecule has 0 fully saturated rings. The fourth-order valence-corrected chi connectivity index (χ4v) is 1.54. The first-order chi connectivity index (χ1) is 5.96. The average molecular weight is 206 g/mol. The van der Waals surface area contributed by atoms with Crippen molar-refractivity contribution in [3.63, 3.8) is 0 Å². The number of allylic oxidation sites excluding steroid dienone is 1. The topological polar surface area (TPSA) is 17.1 Å². The summed E-state index contributed by atoms with van der Waals surface area (Å²) >= 11 is 0.965. The molecule has 0 atom stereocenters. The molecule has 0 aliphatic rings. The third kappa shape index (κ3) is 1.98. The van der Waals surface area contributed by atoms with Gasteiger partial charge in [-0.25, -0.2) is 0 Å². The molecule has 0 spiro atoms. The van der Waals surface area contributed by atoms with Crippen LogP contribution in [0.25, 0.3) is 5.57 Å². The number of carbonyl (C=O) groups is 1. The number of carbonyl (C=O) groups excluding carboxylic acids is 1. The molecule has 1 rings (SSSR count). The second-order valence-electron chi connectivity index (χ2n) is 2.29. The first-order valence-electron chi connectivity index (χ1n) is 3.26. The standard InChI is InChI=1S/C8H5F3OS/c1-5(8(9,10)11)6-2-3-13-7(6)4-12/h2-4H,1H2. The first-order valence-corrected chi connectivity index (χ1v) is 4.14. The van der Waals surface area contributed by atoms with Crippen LogP contribution in [0.3, 0.4) is 0 Å². The third-order valence-corrected chi connectivity index (χ3v) is 2.31. The van der Waals surface area contributed by atoms with Gasteiger partial charge in [-0.15, -0.1) is 11.3 Å². The molecule has 0 aromatic carbocycles. The van der Waals surface area contributed by atoms with Gasteiger partial charge >= 0.3 is 6.18 Å². The minimum Gasteiger partial charge on any atom is -0.297 e. The summed E-state index contributed by atoms with van der Waals surface area (Å²) in [5.74, 6) is 0. The van der Waals surface area contributed by atoms with E-state index in [0.717, 1.165) is 11.3 Å². The molecule has 0 saturated heterocycles. The maximum atomic E-state index is 12.1. The Balaban J connectivity index is 3.09. The molecule has 0 amide bonds. The molecule has 0 unspecified atom stereocenters. The Kier molecular flexibility index (Phi) is 2.56. The Labute approximate surface area is 76.5 Å². The van der Waals surface area contributed by atoms with Gasteiger partial charge in [-0.05, 0) is 11.4 Å². The van der Waals surface area contributed by atoms with Crippen LogP contribution >= 0.6 is 11.3 Å².